The summed E-state index contributed by atoms with van der Waals surface area (Å²) in [5, 5.41) is 12.9. The number of amides is 1. The molecule has 0 saturated heterocycles. The highest BCUT2D eigenvalue weighted by Gasteiger charge is 2.41. The van der Waals surface area contributed by atoms with Crippen molar-refractivity contribution in [1.82, 2.24) is 10.3 Å². The second kappa shape index (κ2) is 5.21. The lowest BCUT2D eigenvalue weighted by Gasteiger charge is -2.15. The van der Waals surface area contributed by atoms with E-state index < -0.39 is 0 Å². The van der Waals surface area contributed by atoms with Crippen LogP contribution >= 0.6 is 0 Å². The van der Waals surface area contributed by atoms with E-state index in [4.69, 9.17) is 5.11 Å². The van der Waals surface area contributed by atoms with Gasteiger partial charge in [-0.1, -0.05) is 18.2 Å². The molecule has 1 heterocycles. The molecule has 0 atom stereocenters. The van der Waals surface area contributed by atoms with Crippen molar-refractivity contribution in [2.75, 3.05) is 13.2 Å². The highest BCUT2D eigenvalue weighted by molar-refractivity contribution is 6.05. The Balaban J connectivity index is 1.76. The van der Waals surface area contributed by atoms with Crippen molar-refractivity contribution in [2.24, 2.45) is 5.41 Å². The highest BCUT2D eigenvalue weighted by Crippen LogP contribution is 2.47. The molecule has 1 aromatic heterocycles. The maximum atomic E-state index is 12.3. The first-order valence-corrected chi connectivity index (χ1v) is 6.97. The minimum atomic E-state index is -0.0622. The summed E-state index contributed by atoms with van der Waals surface area (Å²) in [7, 11) is 0. The first-order valence-electron chi connectivity index (χ1n) is 6.97. The number of aliphatic hydroxyl groups excluding tert-OH is 1. The number of hydrogen-bond donors (Lipinski definition) is 2. The molecule has 1 fully saturated rings. The molecule has 0 bridgehead atoms. The number of nitrogens with zero attached hydrogens (tertiary/aromatic N) is 1. The van der Waals surface area contributed by atoms with Crippen molar-refractivity contribution in [3.63, 3.8) is 0 Å². The van der Waals surface area contributed by atoms with Crippen LogP contribution in [0.4, 0.5) is 0 Å². The van der Waals surface area contributed by atoms with E-state index in [1.165, 1.54) is 0 Å². The molecule has 20 heavy (non-hydrogen) atoms. The number of carbonyl (C=O) groups excluding carboxylic acids is 1. The molecule has 1 aromatic carbocycles. The van der Waals surface area contributed by atoms with Gasteiger partial charge in [0.15, 0.2) is 0 Å². The Bertz CT molecular complexity index is 630. The van der Waals surface area contributed by atoms with Crippen LogP contribution in [0.25, 0.3) is 10.9 Å². The number of fused-ring (bicyclic) bond motifs is 1. The molecule has 4 nitrogen and oxygen atoms in total. The lowest BCUT2D eigenvalue weighted by molar-refractivity contribution is 0.0942. The smallest absolute Gasteiger partial charge is 0.252 e. The number of aliphatic hydroxyl groups is 1. The molecule has 1 aliphatic rings. The normalized spacial score (nSPS) is 16.1. The number of carbonyl (C=O) groups is 1. The van der Waals surface area contributed by atoms with Gasteiger partial charge in [0, 0.05) is 24.7 Å². The van der Waals surface area contributed by atoms with Crippen molar-refractivity contribution in [2.45, 2.75) is 19.3 Å². The fraction of sp³-hybridized carbons (Fsp3) is 0.375. The van der Waals surface area contributed by atoms with Gasteiger partial charge < -0.3 is 10.4 Å². The van der Waals surface area contributed by atoms with E-state index in [1.54, 1.807) is 12.3 Å². The van der Waals surface area contributed by atoms with Gasteiger partial charge in [0.25, 0.3) is 5.91 Å². The Morgan fingerprint density at radius 3 is 2.85 bits per heavy atom. The quantitative estimate of drug-likeness (QED) is 0.875. The molecule has 0 unspecified atom stereocenters. The molecule has 0 radical (unpaired) electrons. The molecule has 104 valence electrons. The fourth-order valence-electron chi connectivity index (χ4n) is 2.59. The minimum absolute atomic E-state index is 0.0622. The van der Waals surface area contributed by atoms with Crippen molar-refractivity contribution in [3.05, 3.63) is 42.1 Å². The summed E-state index contributed by atoms with van der Waals surface area (Å²) in [6.45, 7) is 0.830. The number of nitrogens with one attached hydrogen (secondary N) is 1. The first kappa shape index (κ1) is 13.1. The van der Waals surface area contributed by atoms with Crippen LogP contribution in [0, 0.1) is 5.41 Å². The second-order valence-corrected chi connectivity index (χ2v) is 5.53. The summed E-state index contributed by atoms with van der Waals surface area (Å²) in [5.74, 6) is -0.0622. The van der Waals surface area contributed by atoms with Gasteiger partial charge in [-0.05, 0) is 36.8 Å². The summed E-state index contributed by atoms with van der Waals surface area (Å²) in [6.07, 6.45) is 4.61. The topological polar surface area (TPSA) is 62.2 Å². The zero-order valence-corrected chi connectivity index (χ0v) is 11.3. The molecule has 4 heteroatoms. The van der Waals surface area contributed by atoms with E-state index in [1.807, 2.05) is 24.3 Å². The standard InChI is InChI=1S/C16H18N2O2/c19-10-8-16(6-7-16)11-18-15(20)13-5-9-17-14-4-2-1-3-12(13)14/h1-5,9,19H,6-8,10-11H2,(H,18,20). The average molecular weight is 270 g/mol. The van der Waals surface area contributed by atoms with E-state index in [2.05, 4.69) is 10.3 Å². The molecule has 1 saturated carbocycles. The summed E-state index contributed by atoms with van der Waals surface area (Å²) < 4.78 is 0. The number of hydrogen-bond acceptors (Lipinski definition) is 3. The van der Waals surface area contributed by atoms with Gasteiger partial charge in [0.05, 0.1) is 11.1 Å². The van der Waals surface area contributed by atoms with Crippen molar-refractivity contribution in [1.29, 1.82) is 0 Å². The van der Waals surface area contributed by atoms with Crippen LogP contribution in [0.2, 0.25) is 0 Å². The Kier molecular flexibility index (Phi) is 3.40. The Morgan fingerprint density at radius 2 is 2.10 bits per heavy atom. The molecule has 0 spiro atoms. The zero-order chi connectivity index (χ0) is 14.0. The van der Waals surface area contributed by atoms with Crippen molar-refractivity contribution < 1.29 is 9.90 Å². The van der Waals surface area contributed by atoms with Crippen molar-refractivity contribution in [3.8, 4) is 0 Å². The van der Waals surface area contributed by atoms with Gasteiger partial charge in [-0.15, -0.1) is 0 Å². The Hall–Kier alpha value is -1.94. The van der Waals surface area contributed by atoms with E-state index in [9.17, 15) is 4.79 Å². The maximum Gasteiger partial charge on any atom is 0.252 e. The number of rotatable bonds is 5. The second-order valence-electron chi connectivity index (χ2n) is 5.53. The van der Waals surface area contributed by atoms with Crippen LogP contribution in [-0.4, -0.2) is 29.1 Å². The van der Waals surface area contributed by atoms with E-state index in [0.29, 0.717) is 12.1 Å². The number of aromatic nitrogens is 1. The lowest BCUT2D eigenvalue weighted by atomic mass is 10.0. The molecule has 0 aliphatic heterocycles. The molecule has 1 amide bonds. The van der Waals surface area contributed by atoms with Gasteiger partial charge in [0.1, 0.15) is 0 Å². The van der Waals surface area contributed by atoms with Gasteiger partial charge in [-0.3, -0.25) is 9.78 Å². The largest absolute Gasteiger partial charge is 0.396 e. The number of pyridine rings is 1. The predicted molar refractivity (Wildman–Crippen MR) is 77.4 cm³/mol. The van der Waals surface area contributed by atoms with Crippen LogP contribution in [0.1, 0.15) is 29.6 Å². The summed E-state index contributed by atoms with van der Waals surface area (Å²) in [6, 6.07) is 9.40. The van der Waals surface area contributed by atoms with Crippen molar-refractivity contribution >= 4 is 16.8 Å². The zero-order valence-electron chi connectivity index (χ0n) is 11.3. The van der Waals surface area contributed by atoms with E-state index in [-0.39, 0.29) is 17.9 Å². The third-order valence-corrected chi connectivity index (χ3v) is 4.12. The van der Waals surface area contributed by atoms with Gasteiger partial charge in [-0.2, -0.15) is 0 Å². The first-order chi connectivity index (χ1) is 9.74. The third kappa shape index (κ3) is 2.51. The van der Waals surface area contributed by atoms with Gasteiger partial charge >= 0.3 is 0 Å². The molecule has 2 aromatic rings. The predicted octanol–water partition coefficient (Wildman–Crippen LogP) is 2.13. The van der Waals surface area contributed by atoms with Gasteiger partial charge in [-0.25, -0.2) is 0 Å². The summed E-state index contributed by atoms with van der Waals surface area (Å²) in [5.41, 5.74) is 1.62. The minimum Gasteiger partial charge on any atom is -0.396 e. The maximum absolute atomic E-state index is 12.3. The number of benzene rings is 1. The third-order valence-electron chi connectivity index (χ3n) is 4.12. The monoisotopic (exact) mass is 270 g/mol. The van der Waals surface area contributed by atoms with E-state index in [0.717, 1.165) is 30.2 Å². The molecule has 2 N–H and O–H groups in total. The van der Waals surface area contributed by atoms with Crippen LogP contribution in [0.5, 0.6) is 0 Å². The lowest BCUT2D eigenvalue weighted by Crippen LogP contribution is -2.30. The summed E-state index contributed by atoms with van der Waals surface area (Å²) >= 11 is 0. The van der Waals surface area contributed by atoms with Crippen LogP contribution in [0.15, 0.2) is 36.5 Å². The number of para-hydroxylation sites is 1. The van der Waals surface area contributed by atoms with Crippen LogP contribution in [-0.2, 0) is 0 Å². The van der Waals surface area contributed by atoms with Crippen LogP contribution < -0.4 is 5.32 Å². The SMILES string of the molecule is O=C(NCC1(CCO)CC1)c1ccnc2ccccc12. The molecule has 3 rings (SSSR count). The van der Waals surface area contributed by atoms with Crippen LogP contribution in [0.3, 0.4) is 0 Å². The molecular weight excluding hydrogens is 252 g/mol. The summed E-state index contributed by atoms with van der Waals surface area (Å²) in [4.78, 5) is 16.6. The Labute approximate surface area is 117 Å². The van der Waals surface area contributed by atoms with Gasteiger partial charge in [0.2, 0.25) is 0 Å². The molecular formula is C16H18N2O2. The average Bonchev–Trinajstić information content (AvgIpc) is 3.25. The Morgan fingerprint density at radius 1 is 1.30 bits per heavy atom. The van der Waals surface area contributed by atoms with E-state index >= 15 is 0 Å². The fourth-order valence-corrected chi connectivity index (χ4v) is 2.59. The molecule has 1 aliphatic carbocycles. The highest BCUT2D eigenvalue weighted by atomic mass is 16.3.